The second-order valence-electron chi connectivity index (χ2n) is 4.96. The van der Waals surface area contributed by atoms with E-state index < -0.39 is 10.5 Å². The molecule has 0 aliphatic heterocycles. The Morgan fingerprint density at radius 2 is 2.10 bits per heavy atom. The number of anilines is 1. The van der Waals surface area contributed by atoms with E-state index in [0.29, 0.717) is 18.6 Å². The number of nitrogens with two attached hydrogens (primary N) is 1. The van der Waals surface area contributed by atoms with Crippen LogP contribution in [0.25, 0.3) is 0 Å². The van der Waals surface area contributed by atoms with Gasteiger partial charge >= 0.3 is 0 Å². The van der Waals surface area contributed by atoms with Gasteiger partial charge in [0.05, 0.1) is 23.6 Å². The van der Waals surface area contributed by atoms with Gasteiger partial charge in [-0.05, 0) is 25.0 Å². The van der Waals surface area contributed by atoms with Gasteiger partial charge in [-0.15, -0.1) is 0 Å². The minimum Gasteiger partial charge on any atom is -0.496 e. The van der Waals surface area contributed by atoms with Gasteiger partial charge in [0.1, 0.15) is 11.4 Å². The van der Waals surface area contributed by atoms with E-state index in [1.807, 2.05) is 0 Å². The van der Waals surface area contributed by atoms with E-state index in [0.717, 1.165) is 12.8 Å². The summed E-state index contributed by atoms with van der Waals surface area (Å²) in [7, 11) is 1.42. The zero-order valence-corrected chi connectivity index (χ0v) is 11.2. The number of ether oxygens (including phenoxy) is 1. The van der Waals surface area contributed by atoms with Crippen molar-refractivity contribution >= 4 is 17.3 Å². The lowest BCUT2D eigenvalue weighted by Crippen LogP contribution is -2.48. The zero-order valence-electron chi connectivity index (χ0n) is 11.2. The smallest absolute Gasteiger partial charge is 0.296 e. The van der Waals surface area contributed by atoms with Crippen molar-refractivity contribution in [3.8, 4) is 5.75 Å². The zero-order chi connectivity index (χ0) is 14.8. The quantitative estimate of drug-likeness (QED) is 0.645. The first kappa shape index (κ1) is 14.3. The standard InChI is InChI=1S/C13H17N3O4/c1-20-9-4-5-10(11(8-9)16(18)19)15-12(17)13(14)6-2-3-7-13/h4-5,8H,2-3,6-7,14H2,1H3,(H,15,17). The van der Waals surface area contributed by atoms with Crippen molar-refractivity contribution in [3.63, 3.8) is 0 Å². The minimum absolute atomic E-state index is 0.137. The van der Waals surface area contributed by atoms with Gasteiger partial charge in [-0.3, -0.25) is 14.9 Å². The first-order valence-electron chi connectivity index (χ1n) is 6.39. The Balaban J connectivity index is 2.24. The molecule has 0 saturated heterocycles. The maximum atomic E-state index is 12.2. The number of nitro groups is 1. The molecule has 1 aromatic carbocycles. The van der Waals surface area contributed by atoms with Crippen LogP contribution in [0.2, 0.25) is 0 Å². The highest BCUT2D eigenvalue weighted by molar-refractivity contribution is 5.99. The fraction of sp³-hybridized carbons (Fsp3) is 0.462. The van der Waals surface area contributed by atoms with E-state index in [-0.39, 0.29) is 17.3 Å². The largest absolute Gasteiger partial charge is 0.496 e. The number of benzene rings is 1. The molecular formula is C13H17N3O4. The molecule has 0 heterocycles. The van der Waals surface area contributed by atoms with Gasteiger partial charge in [0.15, 0.2) is 0 Å². The molecule has 1 amide bonds. The van der Waals surface area contributed by atoms with E-state index in [1.165, 1.54) is 19.2 Å². The van der Waals surface area contributed by atoms with Crippen molar-refractivity contribution in [2.75, 3.05) is 12.4 Å². The molecule has 20 heavy (non-hydrogen) atoms. The third kappa shape index (κ3) is 2.72. The van der Waals surface area contributed by atoms with Gasteiger partial charge in [0.2, 0.25) is 5.91 Å². The number of hydrogen-bond acceptors (Lipinski definition) is 5. The molecule has 0 unspecified atom stereocenters. The van der Waals surface area contributed by atoms with Crippen molar-refractivity contribution < 1.29 is 14.5 Å². The normalized spacial score (nSPS) is 16.7. The van der Waals surface area contributed by atoms with Crippen LogP contribution < -0.4 is 15.8 Å². The van der Waals surface area contributed by atoms with Crippen molar-refractivity contribution in [3.05, 3.63) is 28.3 Å². The highest BCUT2D eigenvalue weighted by Crippen LogP contribution is 2.32. The van der Waals surface area contributed by atoms with Crippen LogP contribution in [0.3, 0.4) is 0 Å². The summed E-state index contributed by atoms with van der Waals surface area (Å²) >= 11 is 0. The molecule has 1 aromatic rings. The molecule has 0 aromatic heterocycles. The number of nitrogens with one attached hydrogen (secondary N) is 1. The summed E-state index contributed by atoms with van der Waals surface area (Å²) in [5, 5.41) is 13.6. The number of methoxy groups -OCH3 is 1. The summed E-state index contributed by atoms with van der Waals surface area (Å²) in [6.07, 6.45) is 2.99. The summed E-state index contributed by atoms with van der Waals surface area (Å²) in [4.78, 5) is 22.7. The van der Waals surface area contributed by atoms with Gasteiger partial charge in [0.25, 0.3) is 5.69 Å². The average Bonchev–Trinajstić information content (AvgIpc) is 2.87. The van der Waals surface area contributed by atoms with Crippen LogP contribution in [0.4, 0.5) is 11.4 Å². The van der Waals surface area contributed by atoms with E-state index in [2.05, 4.69) is 5.32 Å². The number of rotatable bonds is 4. The van der Waals surface area contributed by atoms with Crippen LogP contribution in [0.15, 0.2) is 18.2 Å². The Bertz CT molecular complexity index is 538. The lowest BCUT2D eigenvalue weighted by Gasteiger charge is -2.22. The van der Waals surface area contributed by atoms with Crippen LogP contribution in [-0.4, -0.2) is 23.5 Å². The number of carbonyl (C=O) groups excluding carboxylic acids is 1. The van der Waals surface area contributed by atoms with E-state index >= 15 is 0 Å². The first-order chi connectivity index (χ1) is 9.46. The van der Waals surface area contributed by atoms with Crippen molar-refractivity contribution in [2.45, 2.75) is 31.2 Å². The SMILES string of the molecule is COc1ccc(NC(=O)C2(N)CCCC2)c([N+](=O)[O-])c1. The molecule has 1 aliphatic carbocycles. The third-order valence-corrected chi connectivity index (χ3v) is 3.60. The highest BCUT2D eigenvalue weighted by atomic mass is 16.6. The van der Waals surface area contributed by atoms with Gasteiger partial charge in [-0.2, -0.15) is 0 Å². The summed E-state index contributed by atoms with van der Waals surface area (Å²) in [5.74, 6) is -0.0127. The van der Waals surface area contributed by atoms with E-state index in [4.69, 9.17) is 10.5 Å². The maximum absolute atomic E-state index is 12.2. The van der Waals surface area contributed by atoms with Gasteiger partial charge in [-0.25, -0.2) is 0 Å². The number of amides is 1. The van der Waals surface area contributed by atoms with Gasteiger partial charge < -0.3 is 15.8 Å². The topological polar surface area (TPSA) is 107 Å². The Morgan fingerprint density at radius 1 is 1.45 bits per heavy atom. The second kappa shape index (κ2) is 5.46. The van der Waals surface area contributed by atoms with Crippen molar-refractivity contribution in [1.29, 1.82) is 0 Å². The summed E-state index contributed by atoms with van der Waals surface area (Å²) in [6, 6.07) is 4.28. The maximum Gasteiger partial charge on any atom is 0.296 e. The Kier molecular flexibility index (Phi) is 3.89. The second-order valence-corrected chi connectivity index (χ2v) is 4.96. The molecule has 1 fully saturated rings. The van der Waals surface area contributed by atoms with Crippen LogP contribution >= 0.6 is 0 Å². The molecule has 7 nitrogen and oxygen atoms in total. The lowest BCUT2D eigenvalue weighted by molar-refractivity contribution is -0.384. The van der Waals surface area contributed by atoms with Crippen LogP contribution in [0.5, 0.6) is 5.75 Å². The Labute approximate surface area is 116 Å². The molecule has 0 bridgehead atoms. The minimum atomic E-state index is -0.923. The molecule has 3 N–H and O–H groups in total. The Morgan fingerprint density at radius 3 is 2.65 bits per heavy atom. The number of carbonyl (C=O) groups is 1. The number of nitrogens with zero attached hydrogens (tertiary/aromatic N) is 1. The monoisotopic (exact) mass is 279 g/mol. The van der Waals surface area contributed by atoms with Crippen molar-refractivity contribution in [2.24, 2.45) is 5.73 Å². The molecule has 0 radical (unpaired) electrons. The average molecular weight is 279 g/mol. The van der Waals surface area contributed by atoms with Crippen LogP contribution in [0.1, 0.15) is 25.7 Å². The Hall–Kier alpha value is -2.15. The van der Waals surface area contributed by atoms with E-state index in [9.17, 15) is 14.9 Å². The van der Waals surface area contributed by atoms with Gasteiger partial charge in [0, 0.05) is 0 Å². The summed E-state index contributed by atoms with van der Waals surface area (Å²) < 4.78 is 4.94. The molecular weight excluding hydrogens is 262 g/mol. The third-order valence-electron chi connectivity index (χ3n) is 3.60. The van der Waals surface area contributed by atoms with Crippen LogP contribution in [-0.2, 0) is 4.79 Å². The van der Waals surface area contributed by atoms with E-state index in [1.54, 1.807) is 6.07 Å². The first-order valence-corrected chi connectivity index (χ1v) is 6.39. The predicted molar refractivity (Wildman–Crippen MR) is 73.7 cm³/mol. The molecule has 0 atom stereocenters. The summed E-state index contributed by atoms with van der Waals surface area (Å²) in [6.45, 7) is 0. The number of hydrogen-bond donors (Lipinski definition) is 2. The fourth-order valence-corrected chi connectivity index (χ4v) is 2.37. The lowest BCUT2D eigenvalue weighted by atomic mass is 9.98. The fourth-order valence-electron chi connectivity index (χ4n) is 2.37. The molecule has 1 aliphatic rings. The predicted octanol–water partition coefficient (Wildman–Crippen LogP) is 1.81. The van der Waals surface area contributed by atoms with Crippen molar-refractivity contribution in [1.82, 2.24) is 0 Å². The summed E-state index contributed by atoms with van der Waals surface area (Å²) in [5.41, 5.74) is 5.03. The molecule has 7 heteroatoms. The van der Waals surface area contributed by atoms with Gasteiger partial charge in [-0.1, -0.05) is 12.8 Å². The van der Waals surface area contributed by atoms with Crippen LogP contribution in [0, 0.1) is 10.1 Å². The molecule has 108 valence electrons. The highest BCUT2D eigenvalue weighted by Gasteiger charge is 2.37. The molecule has 0 spiro atoms. The molecule has 1 saturated carbocycles. The molecule has 2 rings (SSSR count). The number of nitro benzene ring substituents is 1.